The van der Waals surface area contributed by atoms with E-state index in [0.29, 0.717) is 23.0 Å². The highest BCUT2D eigenvalue weighted by Crippen LogP contribution is 2.33. The third-order valence-electron chi connectivity index (χ3n) is 4.23. The molecule has 0 saturated carbocycles. The van der Waals surface area contributed by atoms with Crippen LogP contribution in [0.1, 0.15) is 15.9 Å². The fourth-order valence-electron chi connectivity index (χ4n) is 2.79. The lowest BCUT2D eigenvalue weighted by atomic mass is 10.2. The average Bonchev–Trinajstić information content (AvgIpc) is 3.09. The lowest BCUT2D eigenvalue weighted by Crippen LogP contribution is -2.12. The van der Waals surface area contributed by atoms with Gasteiger partial charge in [0.15, 0.2) is 5.16 Å². The van der Waals surface area contributed by atoms with Crippen LogP contribution in [0.25, 0.3) is 0 Å². The highest BCUT2D eigenvalue weighted by atomic mass is 35.5. The summed E-state index contributed by atoms with van der Waals surface area (Å²) in [6, 6.07) is 22.6. The number of halogens is 2. The van der Waals surface area contributed by atoms with Gasteiger partial charge in [-0.3, -0.25) is 4.79 Å². The molecule has 1 aromatic heterocycles. The Kier molecular flexibility index (Phi) is 6.11. The second-order valence-corrected chi connectivity index (χ2v) is 7.71. The summed E-state index contributed by atoms with van der Waals surface area (Å²) in [4.78, 5) is 17.6. The van der Waals surface area contributed by atoms with Crippen molar-refractivity contribution in [3.63, 3.8) is 0 Å². The molecule has 30 heavy (non-hydrogen) atoms. The molecule has 1 heterocycles. The summed E-state index contributed by atoms with van der Waals surface area (Å²) in [6.07, 6.45) is 0. The quantitative estimate of drug-likeness (QED) is 0.430. The Morgan fingerprint density at radius 1 is 1.00 bits per heavy atom. The molecule has 8 heteroatoms. The van der Waals surface area contributed by atoms with Crippen molar-refractivity contribution in [1.82, 2.24) is 14.8 Å². The number of aromatic nitrogens is 3. The Hall–Kier alpha value is -3.16. The molecule has 150 valence electrons. The molecule has 4 rings (SSSR count). The third kappa shape index (κ3) is 4.87. The first kappa shape index (κ1) is 20.1. The zero-order chi connectivity index (χ0) is 20.9. The van der Waals surface area contributed by atoms with Gasteiger partial charge >= 0.3 is 0 Å². The molecule has 0 aliphatic rings. The maximum Gasteiger partial charge on any atom is 0.255 e. The zero-order valence-electron chi connectivity index (χ0n) is 15.6. The molecule has 1 N–H and O–H groups in total. The Morgan fingerprint density at radius 2 is 1.70 bits per heavy atom. The first-order chi connectivity index (χ1) is 14.6. The minimum atomic E-state index is -0.392. The molecule has 0 saturated heterocycles. The first-order valence-corrected chi connectivity index (χ1v) is 10.3. The molecule has 0 bridgehead atoms. The van der Waals surface area contributed by atoms with Crippen LogP contribution in [0.3, 0.4) is 0 Å². The van der Waals surface area contributed by atoms with E-state index in [1.54, 1.807) is 10.7 Å². The highest BCUT2D eigenvalue weighted by molar-refractivity contribution is 7.99. The predicted molar refractivity (Wildman–Crippen MR) is 115 cm³/mol. The molecule has 0 aliphatic heterocycles. The van der Waals surface area contributed by atoms with Gasteiger partial charge in [-0.25, -0.2) is 9.07 Å². The first-order valence-electron chi connectivity index (χ1n) is 9.06. The number of anilines is 1. The van der Waals surface area contributed by atoms with Crippen LogP contribution in [0.15, 0.2) is 88.9 Å². The second-order valence-electron chi connectivity index (χ2n) is 6.37. The Bertz CT molecular complexity index is 1170. The lowest BCUT2D eigenvalue weighted by Gasteiger charge is -2.11. The van der Waals surface area contributed by atoms with E-state index in [0.717, 1.165) is 10.5 Å². The standard InChI is InChI=1S/C22H16ClFN4OS/c23-21-26-22(28(27-21)14-15-6-2-1-3-7-15)30-19-9-5-4-8-18(19)25-20(29)16-10-12-17(24)13-11-16/h1-13H,14H2,(H,25,29). The van der Waals surface area contributed by atoms with Gasteiger partial charge in [0.05, 0.1) is 12.2 Å². The van der Waals surface area contributed by atoms with Gasteiger partial charge in [0.2, 0.25) is 5.28 Å². The zero-order valence-corrected chi connectivity index (χ0v) is 17.2. The maximum absolute atomic E-state index is 13.1. The van der Waals surface area contributed by atoms with E-state index >= 15 is 0 Å². The number of rotatable bonds is 6. The highest BCUT2D eigenvalue weighted by Gasteiger charge is 2.15. The molecule has 0 unspecified atom stereocenters. The molecule has 0 radical (unpaired) electrons. The summed E-state index contributed by atoms with van der Waals surface area (Å²) in [5.41, 5.74) is 2.05. The van der Waals surface area contributed by atoms with Gasteiger partial charge in [0, 0.05) is 10.5 Å². The number of hydrogen-bond donors (Lipinski definition) is 1. The Morgan fingerprint density at radius 3 is 2.47 bits per heavy atom. The number of hydrogen-bond acceptors (Lipinski definition) is 4. The van der Waals surface area contributed by atoms with Crippen LogP contribution in [0, 0.1) is 5.82 Å². The van der Waals surface area contributed by atoms with Gasteiger partial charge < -0.3 is 5.32 Å². The van der Waals surface area contributed by atoms with Crippen LogP contribution in [-0.2, 0) is 6.54 Å². The van der Waals surface area contributed by atoms with Crippen molar-refractivity contribution in [2.45, 2.75) is 16.6 Å². The van der Waals surface area contributed by atoms with Crippen molar-refractivity contribution in [3.8, 4) is 0 Å². The van der Waals surface area contributed by atoms with E-state index < -0.39 is 5.82 Å². The number of carbonyl (C=O) groups excluding carboxylic acids is 1. The summed E-state index contributed by atoms with van der Waals surface area (Å²) >= 11 is 7.41. The normalized spacial score (nSPS) is 10.7. The van der Waals surface area contributed by atoms with Gasteiger partial charge in [0.25, 0.3) is 5.91 Å². The topological polar surface area (TPSA) is 59.8 Å². The molecule has 0 atom stereocenters. The van der Waals surface area contributed by atoms with Crippen LogP contribution >= 0.6 is 23.4 Å². The molecular weight excluding hydrogens is 423 g/mol. The van der Waals surface area contributed by atoms with Crippen LogP contribution < -0.4 is 5.32 Å². The van der Waals surface area contributed by atoms with Gasteiger partial charge in [-0.2, -0.15) is 4.98 Å². The minimum absolute atomic E-state index is 0.154. The number of nitrogens with one attached hydrogen (secondary N) is 1. The van der Waals surface area contributed by atoms with Crippen LogP contribution in [0.5, 0.6) is 0 Å². The van der Waals surface area contributed by atoms with Crippen LogP contribution in [0.4, 0.5) is 10.1 Å². The summed E-state index contributed by atoms with van der Waals surface area (Å²) in [6.45, 7) is 0.521. The molecule has 0 spiro atoms. The number of benzene rings is 3. The Balaban J connectivity index is 1.56. The van der Waals surface area contributed by atoms with Gasteiger partial charge in [-0.15, -0.1) is 5.10 Å². The molecule has 1 amide bonds. The number of para-hydroxylation sites is 1. The van der Waals surface area contributed by atoms with E-state index in [4.69, 9.17) is 11.6 Å². The second kappa shape index (κ2) is 9.11. The van der Waals surface area contributed by atoms with Gasteiger partial charge in [-0.05, 0) is 65.3 Å². The van der Waals surface area contributed by atoms with Crippen molar-refractivity contribution in [2.75, 3.05) is 5.32 Å². The lowest BCUT2D eigenvalue weighted by molar-refractivity contribution is 0.102. The average molecular weight is 439 g/mol. The van der Waals surface area contributed by atoms with Crippen molar-refractivity contribution < 1.29 is 9.18 Å². The largest absolute Gasteiger partial charge is 0.321 e. The van der Waals surface area contributed by atoms with Crippen LogP contribution in [-0.4, -0.2) is 20.7 Å². The summed E-state index contributed by atoms with van der Waals surface area (Å²) in [5, 5.41) is 7.90. The van der Waals surface area contributed by atoms with E-state index in [-0.39, 0.29) is 11.2 Å². The third-order valence-corrected chi connectivity index (χ3v) is 5.45. The summed E-state index contributed by atoms with van der Waals surface area (Å²) in [5.74, 6) is -0.719. The van der Waals surface area contributed by atoms with E-state index in [9.17, 15) is 9.18 Å². The van der Waals surface area contributed by atoms with Crippen molar-refractivity contribution in [3.05, 3.63) is 101 Å². The van der Waals surface area contributed by atoms with Crippen molar-refractivity contribution in [1.29, 1.82) is 0 Å². The molecular formula is C22H16ClFN4OS. The Labute approximate surface area is 181 Å². The smallest absolute Gasteiger partial charge is 0.255 e. The van der Waals surface area contributed by atoms with Crippen molar-refractivity contribution >= 4 is 35.0 Å². The molecule has 0 aliphatic carbocycles. The van der Waals surface area contributed by atoms with Gasteiger partial charge in [0.1, 0.15) is 5.82 Å². The van der Waals surface area contributed by atoms with E-state index in [2.05, 4.69) is 15.4 Å². The molecule has 0 fully saturated rings. The number of carbonyl (C=O) groups is 1. The fourth-order valence-corrected chi connectivity index (χ4v) is 3.93. The minimum Gasteiger partial charge on any atom is -0.321 e. The predicted octanol–water partition coefficient (Wildman–Crippen LogP) is 5.52. The monoisotopic (exact) mass is 438 g/mol. The summed E-state index contributed by atoms with van der Waals surface area (Å²) < 4.78 is 14.8. The summed E-state index contributed by atoms with van der Waals surface area (Å²) in [7, 11) is 0. The van der Waals surface area contributed by atoms with Crippen molar-refractivity contribution in [2.24, 2.45) is 0 Å². The fraction of sp³-hybridized carbons (Fsp3) is 0.0455. The van der Waals surface area contributed by atoms with E-state index in [1.165, 1.54) is 36.0 Å². The van der Waals surface area contributed by atoms with Gasteiger partial charge in [-0.1, -0.05) is 42.5 Å². The SMILES string of the molecule is O=C(Nc1ccccc1Sc1nc(Cl)nn1Cc1ccccc1)c1ccc(F)cc1. The maximum atomic E-state index is 13.1. The molecule has 3 aromatic carbocycles. The van der Waals surface area contributed by atoms with E-state index in [1.807, 2.05) is 48.5 Å². The number of nitrogens with zero attached hydrogens (tertiary/aromatic N) is 3. The molecule has 5 nitrogen and oxygen atoms in total. The number of amides is 1. The molecule has 4 aromatic rings. The van der Waals surface area contributed by atoms with Crippen LogP contribution in [0.2, 0.25) is 5.28 Å².